The lowest BCUT2D eigenvalue weighted by atomic mass is 10.0. The number of aliphatic hydroxyl groups is 3. The van der Waals surface area contributed by atoms with E-state index in [1.165, 1.54) is 167 Å². The van der Waals surface area contributed by atoms with Crippen LogP contribution in [0.1, 0.15) is 219 Å². The summed E-state index contributed by atoms with van der Waals surface area (Å²) in [7, 11) is 0. The van der Waals surface area contributed by atoms with Gasteiger partial charge in [0.05, 0.1) is 13.2 Å². The van der Waals surface area contributed by atoms with Crippen LogP contribution in [-0.2, 0) is 14.3 Å². The van der Waals surface area contributed by atoms with Gasteiger partial charge < -0.3 is 20.1 Å². The van der Waals surface area contributed by atoms with Crippen molar-refractivity contribution in [3.8, 4) is 0 Å². The molecule has 3 N–H and O–H groups in total. The van der Waals surface area contributed by atoms with E-state index in [0.717, 1.165) is 25.7 Å². The van der Waals surface area contributed by atoms with E-state index in [1.54, 1.807) is 0 Å². The highest BCUT2D eigenvalue weighted by Crippen LogP contribution is 2.15. The van der Waals surface area contributed by atoms with Gasteiger partial charge in [-0.3, -0.25) is 9.59 Å². The molecule has 270 valence electrons. The van der Waals surface area contributed by atoms with Crippen molar-refractivity contribution in [1.29, 1.82) is 0 Å². The van der Waals surface area contributed by atoms with Gasteiger partial charge in [-0.25, -0.2) is 0 Å². The quantitative estimate of drug-likeness (QED) is 0.0366. The van der Waals surface area contributed by atoms with E-state index in [9.17, 15) is 9.59 Å². The van der Waals surface area contributed by atoms with Gasteiger partial charge in [0.25, 0.3) is 0 Å². The minimum absolute atomic E-state index is 0.323. The number of carbonyl (C=O) groups is 2. The van der Waals surface area contributed by atoms with E-state index in [2.05, 4.69) is 13.8 Å². The second-order valence-corrected chi connectivity index (χ2v) is 13.3. The van der Waals surface area contributed by atoms with Crippen LogP contribution >= 0.6 is 0 Å². The fourth-order valence-electron chi connectivity index (χ4n) is 5.57. The maximum Gasteiger partial charge on any atom is 0.313 e. The minimum Gasteiger partial charge on any atom is -0.394 e. The Bertz CT molecular complexity index is 534. The lowest BCUT2D eigenvalue weighted by Gasteiger charge is -2.05. The van der Waals surface area contributed by atoms with Gasteiger partial charge in [0.1, 0.15) is 6.10 Å². The molecule has 6 nitrogen and oxygen atoms in total. The van der Waals surface area contributed by atoms with E-state index in [0.29, 0.717) is 12.8 Å². The molecule has 0 fully saturated rings. The Morgan fingerprint density at radius 1 is 0.400 bits per heavy atom. The SMILES string of the molecule is CCCCCCCCCCCCCCCCCC(=O)OC(=O)CCCCCCCCCCCCCCCCC.OCC(O)CO. The minimum atomic E-state index is -0.954. The number of rotatable bonds is 34. The molecule has 0 radical (unpaired) electrons. The van der Waals surface area contributed by atoms with Crippen LogP contribution < -0.4 is 0 Å². The van der Waals surface area contributed by atoms with Crippen molar-refractivity contribution in [2.24, 2.45) is 0 Å². The first-order valence-electron chi connectivity index (χ1n) is 19.6. The molecule has 0 aliphatic carbocycles. The van der Waals surface area contributed by atoms with Gasteiger partial charge in [0, 0.05) is 12.8 Å². The highest BCUT2D eigenvalue weighted by atomic mass is 16.6. The van der Waals surface area contributed by atoms with Gasteiger partial charge in [0.15, 0.2) is 0 Å². The van der Waals surface area contributed by atoms with Gasteiger partial charge in [-0.2, -0.15) is 0 Å². The van der Waals surface area contributed by atoms with Crippen LogP contribution in [0.3, 0.4) is 0 Å². The number of aliphatic hydroxyl groups excluding tert-OH is 3. The Hall–Kier alpha value is -0.980. The molecular weight excluding hydrogens is 564 g/mol. The predicted octanol–water partition coefficient (Wildman–Crippen LogP) is 10.9. The van der Waals surface area contributed by atoms with Crippen LogP contribution in [0.2, 0.25) is 0 Å². The summed E-state index contributed by atoms with van der Waals surface area (Å²) in [5.74, 6) is -0.647. The molecule has 0 aromatic rings. The Morgan fingerprint density at radius 2 is 0.600 bits per heavy atom. The Balaban J connectivity index is 0. The van der Waals surface area contributed by atoms with Gasteiger partial charge in [-0.15, -0.1) is 0 Å². The van der Waals surface area contributed by atoms with E-state index < -0.39 is 6.10 Å². The molecule has 0 aromatic carbocycles. The maximum absolute atomic E-state index is 11.9. The summed E-state index contributed by atoms with van der Waals surface area (Å²) in [4.78, 5) is 23.8. The summed E-state index contributed by atoms with van der Waals surface area (Å²) in [6, 6.07) is 0. The van der Waals surface area contributed by atoms with Crippen LogP contribution in [-0.4, -0.2) is 46.6 Å². The van der Waals surface area contributed by atoms with Crippen LogP contribution in [0, 0.1) is 0 Å². The first kappa shape index (κ1) is 46.1. The summed E-state index contributed by atoms with van der Waals surface area (Å²) in [6.45, 7) is 3.83. The van der Waals surface area contributed by atoms with Gasteiger partial charge in [0.2, 0.25) is 0 Å². The molecule has 0 bridgehead atoms. The summed E-state index contributed by atoms with van der Waals surface area (Å²) in [6.07, 6.45) is 39.2. The lowest BCUT2D eigenvalue weighted by molar-refractivity contribution is -0.159. The zero-order valence-corrected chi connectivity index (χ0v) is 30.2. The van der Waals surface area contributed by atoms with Crippen LogP contribution in [0.5, 0.6) is 0 Å². The fraction of sp³-hybridized carbons (Fsp3) is 0.949. The van der Waals surface area contributed by atoms with E-state index in [-0.39, 0.29) is 25.2 Å². The summed E-state index contributed by atoms with van der Waals surface area (Å²) in [5.41, 5.74) is 0. The number of ether oxygens (including phenoxy) is 1. The maximum atomic E-state index is 11.9. The molecule has 6 heteroatoms. The third-order valence-corrected chi connectivity index (χ3v) is 8.62. The molecule has 0 unspecified atom stereocenters. The molecule has 0 heterocycles. The highest BCUT2D eigenvalue weighted by molar-refractivity contribution is 5.85. The van der Waals surface area contributed by atoms with Gasteiger partial charge in [-0.05, 0) is 12.8 Å². The fourth-order valence-corrected chi connectivity index (χ4v) is 5.57. The zero-order valence-electron chi connectivity index (χ0n) is 30.2. The molecule has 0 amide bonds. The van der Waals surface area contributed by atoms with Crippen LogP contribution in [0.15, 0.2) is 0 Å². The van der Waals surface area contributed by atoms with Crippen molar-refractivity contribution in [3.63, 3.8) is 0 Å². The van der Waals surface area contributed by atoms with Gasteiger partial charge in [-0.1, -0.05) is 194 Å². The molecule has 0 atom stereocenters. The number of hydrogen-bond donors (Lipinski definition) is 3. The average Bonchev–Trinajstić information content (AvgIpc) is 3.04. The predicted molar refractivity (Wildman–Crippen MR) is 190 cm³/mol. The second kappa shape index (κ2) is 41.0. The average molecular weight is 643 g/mol. The molecule has 0 rings (SSSR count). The first-order chi connectivity index (χ1) is 22.0. The zero-order chi connectivity index (χ0) is 33.5. The van der Waals surface area contributed by atoms with E-state index in [4.69, 9.17) is 20.1 Å². The van der Waals surface area contributed by atoms with Crippen molar-refractivity contribution in [2.75, 3.05) is 13.2 Å². The number of unbranched alkanes of at least 4 members (excludes halogenated alkanes) is 28. The highest BCUT2D eigenvalue weighted by Gasteiger charge is 2.10. The molecule has 45 heavy (non-hydrogen) atoms. The third-order valence-electron chi connectivity index (χ3n) is 8.62. The lowest BCUT2D eigenvalue weighted by Crippen LogP contribution is -2.15. The molecule has 0 aliphatic rings. The van der Waals surface area contributed by atoms with E-state index >= 15 is 0 Å². The van der Waals surface area contributed by atoms with Crippen molar-refractivity contribution in [2.45, 2.75) is 225 Å². The van der Waals surface area contributed by atoms with Crippen LogP contribution in [0.25, 0.3) is 0 Å². The number of carbonyl (C=O) groups excluding carboxylic acids is 2. The summed E-state index contributed by atoms with van der Waals surface area (Å²) in [5, 5.41) is 24.0. The van der Waals surface area contributed by atoms with E-state index in [1.807, 2.05) is 0 Å². The Kier molecular flexibility index (Phi) is 42.1. The first-order valence-corrected chi connectivity index (χ1v) is 19.6. The third kappa shape index (κ3) is 43.0. The van der Waals surface area contributed by atoms with Crippen molar-refractivity contribution in [1.82, 2.24) is 0 Å². The summed E-state index contributed by atoms with van der Waals surface area (Å²) >= 11 is 0. The normalized spacial score (nSPS) is 11.1. The van der Waals surface area contributed by atoms with Gasteiger partial charge >= 0.3 is 11.9 Å². The Morgan fingerprint density at radius 3 is 0.778 bits per heavy atom. The molecular formula is C39H78O6. The molecule has 0 saturated heterocycles. The largest absolute Gasteiger partial charge is 0.394 e. The van der Waals surface area contributed by atoms with Crippen molar-refractivity contribution < 1.29 is 29.6 Å². The molecule has 0 spiro atoms. The standard InChI is InChI=1S/C36H70O3.C3H8O3/c1-3-5-7-9-11-13-15-17-19-21-23-25-27-29-31-33-35(37)39-36(38)34-32-30-28-26-24-22-20-18-16-14-12-10-8-6-4-2;4-1-3(6)2-5/h3-34H2,1-2H3;3-6H,1-2H2. The topological polar surface area (TPSA) is 104 Å². The van der Waals surface area contributed by atoms with Crippen LogP contribution in [0.4, 0.5) is 0 Å². The summed E-state index contributed by atoms with van der Waals surface area (Å²) < 4.78 is 5.01. The molecule has 0 aliphatic heterocycles. The van der Waals surface area contributed by atoms with Crippen molar-refractivity contribution in [3.05, 3.63) is 0 Å². The van der Waals surface area contributed by atoms with Crippen molar-refractivity contribution >= 4 is 11.9 Å². The smallest absolute Gasteiger partial charge is 0.313 e. The number of esters is 2. The molecule has 0 aromatic heterocycles. The molecule has 0 saturated carbocycles. The monoisotopic (exact) mass is 643 g/mol. The number of hydrogen-bond acceptors (Lipinski definition) is 6. The second-order valence-electron chi connectivity index (χ2n) is 13.3. The Labute approximate surface area is 279 Å².